The molecule has 0 bridgehead atoms. The second-order valence-corrected chi connectivity index (χ2v) is 0.455. The second-order valence-electron chi connectivity index (χ2n) is 0.455. The molecule has 0 saturated carbocycles. The van der Waals surface area contributed by atoms with Crippen LogP contribution < -0.4 is 0 Å². The van der Waals surface area contributed by atoms with E-state index < -0.39 is 0 Å². The summed E-state index contributed by atoms with van der Waals surface area (Å²) in [4.78, 5) is 0. The van der Waals surface area contributed by atoms with Gasteiger partial charge in [0, 0.05) is 6.61 Å². The van der Waals surface area contributed by atoms with Crippen molar-refractivity contribution in [1.82, 2.24) is 0 Å². The van der Waals surface area contributed by atoms with Crippen LogP contribution in [0.2, 0.25) is 0 Å². The van der Waals surface area contributed by atoms with Crippen LogP contribution in [0.1, 0.15) is 6.92 Å². The van der Waals surface area contributed by atoms with Crippen molar-refractivity contribution in [3.63, 3.8) is 0 Å². The lowest BCUT2D eigenvalue weighted by atomic mass is 10.6. The lowest BCUT2D eigenvalue weighted by Crippen LogP contribution is -1.76. The number of halogens is 2. The van der Waals surface area contributed by atoms with Gasteiger partial charge in [-0.2, -0.15) is 0 Å². The summed E-state index contributed by atoms with van der Waals surface area (Å²) >= 11 is 0. The normalized spacial score (nSPS) is 4.83. The molecular weight excluding hydrogens is 211 g/mol. The van der Waals surface area contributed by atoms with Gasteiger partial charge in [-0.25, -0.2) is 0 Å². The molecule has 0 spiro atoms. The first-order chi connectivity index (χ1) is 1.91. The minimum absolute atomic E-state index is 0. The summed E-state index contributed by atoms with van der Waals surface area (Å²) in [6.07, 6.45) is 0. The fourth-order valence-electron chi connectivity index (χ4n) is 0. The molecule has 4 heteroatoms. The maximum absolute atomic E-state index is 4.53. The first kappa shape index (κ1) is 15.8. The van der Waals surface area contributed by atoms with Crippen LogP contribution in [0.25, 0.3) is 0 Å². The van der Waals surface area contributed by atoms with Crippen molar-refractivity contribution in [1.29, 1.82) is 0 Å². The van der Waals surface area contributed by atoms with E-state index in [0.717, 1.165) is 0 Å². The SMILES string of the molecule is Br.Br.[B]OCC. The van der Waals surface area contributed by atoms with E-state index >= 15 is 0 Å². The zero-order valence-corrected chi connectivity index (χ0v) is 6.94. The average molecular weight is 218 g/mol. The molecule has 2 radical (unpaired) electrons. The summed E-state index contributed by atoms with van der Waals surface area (Å²) in [5.74, 6) is 0. The molecule has 0 unspecified atom stereocenters. The highest BCUT2D eigenvalue weighted by atomic mass is 79.9. The van der Waals surface area contributed by atoms with Gasteiger partial charge in [0.1, 0.15) is 0 Å². The minimum Gasteiger partial charge on any atom is -0.448 e. The summed E-state index contributed by atoms with van der Waals surface area (Å²) in [6.45, 7) is 2.43. The Kier molecular flexibility index (Phi) is 43.8. The van der Waals surface area contributed by atoms with Gasteiger partial charge in [0.05, 0.1) is 0 Å². The highest BCUT2D eigenvalue weighted by Gasteiger charge is 1.52. The van der Waals surface area contributed by atoms with Crippen molar-refractivity contribution in [3.05, 3.63) is 0 Å². The molecule has 0 atom stereocenters. The predicted octanol–water partition coefficient (Wildman–Crippen LogP) is 1.26. The molecule has 0 saturated heterocycles. The number of hydrogen-bond donors (Lipinski definition) is 0. The fourth-order valence-corrected chi connectivity index (χ4v) is 0. The van der Waals surface area contributed by atoms with Crippen LogP contribution in [-0.2, 0) is 4.65 Å². The monoisotopic (exact) mass is 216 g/mol. The number of hydrogen-bond acceptors (Lipinski definition) is 1. The highest BCUT2D eigenvalue weighted by Crippen LogP contribution is 1.50. The third-order valence-corrected chi connectivity index (χ3v) is 0.167. The maximum Gasteiger partial charge on any atom is 0.282 e. The van der Waals surface area contributed by atoms with Crippen LogP contribution in [0.15, 0.2) is 0 Å². The summed E-state index contributed by atoms with van der Waals surface area (Å²) in [5.41, 5.74) is 0. The van der Waals surface area contributed by atoms with Gasteiger partial charge in [0.25, 0.3) is 8.05 Å². The predicted molar refractivity (Wildman–Crippen MR) is 38.0 cm³/mol. The Balaban J connectivity index is -0.0000000450. The van der Waals surface area contributed by atoms with E-state index in [1.54, 1.807) is 0 Å². The Morgan fingerprint density at radius 3 is 1.67 bits per heavy atom. The molecule has 0 fully saturated rings. The molecule has 0 N–H and O–H groups in total. The molecule has 38 valence electrons. The standard InChI is InChI=1S/C2H5BO.2BrH/c1-2-4-3;;/h2H2,1H3;2*1H. The first-order valence-electron chi connectivity index (χ1n) is 1.23. The summed E-state index contributed by atoms with van der Waals surface area (Å²) in [6, 6.07) is 0. The Morgan fingerprint density at radius 2 is 1.67 bits per heavy atom. The van der Waals surface area contributed by atoms with Crippen molar-refractivity contribution in [3.8, 4) is 0 Å². The molecule has 0 aromatic heterocycles. The topological polar surface area (TPSA) is 9.23 Å². The molecule has 0 rings (SSSR count). The van der Waals surface area contributed by atoms with Crippen LogP contribution in [-0.4, -0.2) is 14.7 Å². The highest BCUT2D eigenvalue weighted by molar-refractivity contribution is 8.93. The zero-order valence-electron chi connectivity index (χ0n) is 3.51. The van der Waals surface area contributed by atoms with Gasteiger partial charge in [-0.15, -0.1) is 34.0 Å². The molecule has 0 amide bonds. The van der Waals surface area contributed by atoms with Gasteiger partial charge in [-0.05, 0) is 6.92 Å². The van der Waals surface area contributed by atoms with E-state index in [-0.39, 0.29) is 34.0 Å². The lowest BCUT2D eigenvalue weighted by molar-refractivity contribution is 0.375. The molecule has 0 heterocycles. The van der Waals surface area contributed by atoms with E-state index in [0.29, 0.717) is 6.61 Å². The van der Waals surface area contributed by atoms with Gasteiger partial charge < -0.3 is 4.65 Å². The van der Waals surface area contributed by atoms with Crippen LogP contribution in [0.3, 0.4) is 0 Å². The Bertz CT molecular complexity index is 13.5. The summed E-state index contributed by atoms with van der Waals surface area (Å²) < 4.78 is 4.04. The quantitative estimate of drug-likeness (QED) is 0.601. The van der Waals surface area contributed by atoms with Gasteiger partial charge in [0.15, 0.2) is 0 Å². The third-order valence-electron chi connectivity index (χ3n) is 0.167. The Morgan fingerprint density at radius 1 is 1.50 bits per heavy atom. The van der Waals surface area contributed by atoms with Crippen molar-refractivity contribution < 1.29 is 4.65 Å². The summed E-state index contributed by atoms with van der Waals surface area (Å²) in [7, 11) is 4.53. The fraction of sp³-hybridized carbons (Fsp3) is 1.00. The van der Waals surface area contributed by atoms with E-state index in [9.17, 15) is 0 Å². The molecular formula is C2H7BBr2O. The molecule has 1 nitrogen and oxygen atoms in total. The van der Waals surface area contributed by atoms with Crippen LogP contribution in [0.5, 0.6) is 0 Å². The van der Waals surface area contributed by atoms with Crippen molar-refractivity contribution in [2.45, 2.75) is 6.92 Å². The van der Waals surface area contributed by atoms with Crippen LogP contribution >= 0.6 is 34.0 Å². The Labute approximate surface area is 60.4 Å². The van der Waals surface area contributed by atoms with E-state index in [2.05, 4.69) is 12.7 Å². The molecule has 6 heavy (non-hydrogen) atoms. The van der Waals surface area contributed by atoms with E-state index in [4.69, 9.17) is 0 Å². The maximum atomic E-state index is 4.53. The van der Waals surface area contributed by atoms with Gasteiger partial charge >= 0.3 is 0 Å². The number of rotatable bonds is 1. The van der Waals surface area contributed by atoms with Crippen molar-refractivity contribution in [2.24, 2.45) is 0 Å². The van der Waals surface area contributed by atoms with E-state index in [1.165, 1.54) is 0 Å². The zero-order chi connectivity index (χ0) is 3.41. The van der Waals surface area contributed by atoms with Crippen molar-refractivity contribution >= 4 is 42.0 Å². The molecule has 0 aliphatic carbocycles. The van der Waals surface area contributed by atoms with Crippen LogP contribution in [0, 0.1) is 0 Å². The van der Waals surface area contributed by atoms with Crippen LogP contribution in [0.4, 0.5) is 0 Å². The van der Waals surface area contributed by atoms with E-state index in [1.807, 2.05) is 6.92 Å². The van der Waals surface area contributed by atoms with Gasteiger partial charge in [-0.1, -0.05) is 0 Å². The minimum atomic E-state index is 0. The second kappa shape index (κ2) is 16.7. The third kappa shape index (κ3) is 20.1. The summed E-state index contributed by atoms with van der Waals surface area (Å²) in [5, 5.41) is 0. The largest absolute Gasteiger partial charge is 0.448 e. The average Bonchev–Trinajstić information content (AvgIpc) is 1.37. The lowest BCUT2D eigenvalue weighted by Gasteiger charge is -1.76. The van der Waals surface area contributed by atoms with Gasteiger partial charge in [-0.3, -0.25) is 0 Å². The molecule has 0 aromatic rings. The smallest absolute Gasteiger partial charge is 0.282 e. The molecule has 0 aliphatic heterocycles. The Hall–Kier alpha value is 0.985. The molecule has 0 aliphatic rings. The first-order valence-corrected chi connectivity index (χ1v) is 1.23. The van der Waals surface area contributed by atoms with Crippen molar-refractivity contribution in [2.75, 3.05) is 6.61 Å². The molecule has 0 aromatic carbocycles. The van der Waals surface area contributed by atoms with Gasteiger partial charge in [0.2, 0.25) is 0 Å².